The van der Waals surface area contributed by atoms with Crippen molar-refractivity contribution in [2.75, 3.05) is 0 Å². The lowest BCUT2D eigenvalue weighted by Crippen LogP contribution is -1.99. The van der Waals surface area contributed by atoms with Gasteiger partial charge >= 0.3 is 5.84 Å². The van der Waals surface area contributed by atoms with Gasteiger partial charge in [-0.25, -0.2) is 4.98 Å². The molecular formula is C16H9N5O. The lowest BCUT2D eigenvalue weighted by molar-refractivity contribution is 0.594. The maximum atomic E-state index is 5.70. The van der Waals surface area contributed by atoms with E-state index in [2.05, 4.69) is 20.3 Å². The fourth-order valence-electron chi connectivity index (χ4n) is 2.58. The standard InChI is InChI=1S/C16H9N5O/c1-2-6-10(7-3-1)15-20-21-14-13(18-19-16(21)22-15)11-8-4-5-9-12(11)17-14/h1-9H. The maximum absolute atomic E-state index is 5.70. The Morgan fingerprint density at radius 1 is 0.864 bits per heavy atom. The van der Waals surface area contributed by atoms with Crippen LogP contribution in [0.3, 0.4) is 0 Å². The summed E-state index contributed by atoms with van der Waals surface area (Å²) >= 11 is 0. The molecule has 0 amide bonds. The van der Waals surface area contributed by atoms with Crippen LogP contribution in [0.4, 0.5) is 0 Å². The molecule has 2 aliphatic rings. The third-order valence-electron chi connectivity index (χ3n) is 3.61. The first kappa shape index (κ1) is 11.4. The normalized spacial score (nSPS) is 11.6. The van der Waals surface area contributed by atoms with Gasteiger partial charge in [-0.05, 0) is 18.2 Å². The van der Waals surface area contributed by atoms with Crippen LogP contribution < -0.4 is 0 Å². The summed E-state index contributed by atoms with van der Waals surface area (Å²) in [6.45, 7) is 0. The highest BCUT2D eigenvalue weighted by Gasteiger charge is 2.20. The average Bonchev–Trinajstić information content (AvgIpc) is 3.16. The van der Waals surface area contributed by atoms with E-state index in [9.17, 15) is 0 Å². The molecule has 6 heteroatoms. The molecule has 3 aromatic rings. The highest BCUT2D eigenvalue weighted by Crippen LogP contribution is 2.29. The van der Waals surface area contributed by atoms with E-state index in [0.717, 1.165) is 22.2 Å². The van der Waals surface area contributed by atoms with Crippen molar-refractivity contribution in [1.29, 1.82) is 0 Å². The molecule has 0 spiro atoms. The number of benzene rings is 2. The SMILES string of the molecule is c1ccc(-c2nn3c4nc5ccccc5c-4nnc3o2)cc1. The van der Waals surface area contributed by atoms with Crippen molar-refractivity contribution in [3.05, 3.63) is 54.6 Å². The van der Waals surface area contributed by atoms with Gasteiger partial charge in [-0.3, -0.25) is 0 Å². The highest BCUT2D eigenvalue weighted by molar-refractivity contribution is 5.94. The number of nitrogens with zero attached hydrogens (tertiary/aromatic N) is 5. The summed E-state index contributed by atoms with van der Waals surface area (Å²) in [6, 6.07) is 17.5. The molecule has 6 nitrogen and oxygen atoms in total. The van der Waals surface area contributed by atoms with Crippen LogP contribution in [-0.4, -0.2) is 24.8 Å². The van der Waals surface area contributed by atoms with Crippen molar-refractivity contribution < 1.29 is 4.42 Å². The van der Waals surface area contributed by atoms with E-state index in [1.54, 1.807) is 4.52 Å². The van der Waals surface area contributed by atoms with E-state index < -0.39 is 0 Å². The second kappa shape index (κ2) is 4.11. The van der Waals surface area contributed by atoms with Crippen molar-refractivity contribution in [3.63, 3.8) is 0 Å². The Bertz CT molecular complexity index is 1080. The molecule has 0 fully saturated rings. The first-order chi connectivity index (χ1) is 10.9. The van der Waals surface area contributed by atoms with E-state index in [4.69, 9.17) is 4.42 Å². The van der Waals surface area contributed by atoms with Gasteiger partial charge in [0.15, 0.2) is 5.82 Å². The topological polar surface area (TPSA) is 69.1 Å². The van der Waals surface area contributed by atoms with Crippen molar-refractivity contribution in [1.82, 2.24) is 24.8 Å². The lowest BCUT2D eigenvalue weighted by Gasteiger charge is -1.95. The van der Waals surface area contributed by atoms with Crippen LogP contribution in [0.1, 0.15) is 0 Å². The number of fused-ring (bicyclic) bond motifs is 5. The molecule has 0 atom stereocenters. The number of hydrogen-bond donors (Lipinski definition) is 0. The van der Waals surface area contributed by atoms with Gasteiger partial charge in [0.2, 0.25) is 5.89 Å². The van der Waals surface area contributed by atoms with Crippen molar-refractivity contribution in [2.24, 2.45) is 0 Å². The Morgan fingerprint density at radius 2 is 1.68 bits per heavy atom. The van der Waals surface area contributed by atoms with Crippen LogP contribution in [0.5, 0.6) is 0 Å². The highest BCUT2D eigenvalue weighted by atomic mass is 16.4. The Kier molecular flexibility index (Phi) is 2.13. The van der Waals surface area contributed by atoms with Gasteiger partial charge in [0.25, 0.3) is 0 Å². The molecule has 0 radical (unpaired) electrons. The van der Waals surface area contributed by atoms with Crippen LogP contribution >= 0.6 is 0 Å². The third kappa shape index (κ3) is 1.49. The van der Waals surface area contributed by atoms with Gasteiger partial charge in [-0.15, -0.1) is 10.2 Å². The molecule has 0 bridgehead atoms. The predicted octanol–water partition coefficient (Wildman–Crippen LogP) is 3.04. The molecule has 0 N–H and O–H groups in total. The first-order valence-electron chi connectivity index (χ1n) is 6.86. The van der Waals surface area contributed by atoms with Gasteiger partial charge in [0.1, 0.15) is 5.69 Å². The molecule has 2 aromatic carbocycles. The predicted molar refractivity (Wildman–Crippen MR) is 80.4 cm³/mol. The fraction of sp³-hybridized carbons (Fsp3) is 0. The average molecular weight is 287 g/mol. The van der Waals surface area contributed by atoms with Gasteiger partial charge in [-0.2, -0.15) is 4.52 Å². The molecule has 0 saturated heterocycles. The third-order valence-corrected chi connectivity index (χ3v) is 3.61. The minimum Gasteiger partial charge on any atom is -0.402 e. The van der Waals surface area contributed by atoms with E-state index in [-0.39, 0.29) is 0 Å². The molecule has 3 heterocycles. The second-order valence-electron chi connectivity index (χ2n) is 4.97. The Hall–Kier alpha value is -3.28. The summed E-state index contributed by atoms with van der Waals surface area (Å²) in [6.07, 6.45) is 0. The van der Waals surface area contributed by atoms with Crippen molar-refractivity contribution in [2.45, 2.75) is 0 Å². The Balaban J connectivity index is 1.83. The van der Waals surface area contributed by atoms with Crippen LogP contribution in [-0.2, 0) is 0 Å². The zero-order valence-electron chi connectivity index (χ0n) is 11.3. The summed E-state index contributed by atoms with van der Waals surface area (Å²) in [7, 11) is 0. The summed E-state index contributed by atoms with van der Waals surface area (Å²) in [5, 5.41) is 13.8. The number of aromatic nitrogens is 5. The summed E-state index contributed by atoms with van der Waals surface area (Å²) in [4.78, 5) is 4.59. The maximum Gasteiger partial charge on any atom is 0.346 e. The van der Waals surface area contributed by atoms with Crippen LogP contribution in [0, 0.1) is 0 Å². The van der Waals surface area contributed by atoms with Gasteiger partial charge in [-0.1, -0.05) is 41.5 Å². The molecule has 104 valence electrons. The minimum absolute atomic E-state index is 0.328. The monoisotopic (exact) mass is 287 g/mol. The largest absolute Gasteiger partial charge is 0.402 e. The van der Waals surface area contributed by atoms with E-state index in [1.807, 2.05) is 54.6 Å². The minimum atomic E-state index is 0.328. The molecule has 22 heavy (non-hydrogen) atoms. The molecule has 0 unspecified atom stereocenters. The van der Waals surface area contributed by atoms with E-state index >= 15 is 0 Å². The summed E-state index contributed by atoms with van der Waals surface area (Å²) in [5.74, 6) is 1.47. The molecule has 5 rings (SSSR count). The fourth-order valence-corrected chi connectivity index (χ4v) is 2.58. The van der Waals surface area contributed by atoms with Crippen molar-refractivity contribution in [3.8, 4) is 23.0 Å². The zero-order valence-corrected chi connectivity index (χ0v) is 11.3. The lowest BCUT2D eigenvalue weighted by atomic mass is 10.2. The second-order valence-corrected chi connectivity index (χ2v) is 4.97. The molecule has 1 aromatic heterocycles. The van der Waals surface area contributed by atoms with E-state index in [1.165, 1.54) is 0 Å². The molecule has 2 aliphatic heterocycles. The van der Waals surface area contributed by atoms with Crippen LogP contribution in [0.15, 0.2) is 59.0 Å². The number of rotatable bonds is 1. The zero-order chi connectivity index (χ0) is 14.5. The molecule has 0 aliphatic carbocycles. The van der Waals surface area contributed by atoms with Gasteiger partial charge in [0, 0.05) is 10.9 Å². The smallest absolute Gasteiger partial charge is 0.346 e. The Morgan fingerprint density at radius 3 is 2.59 bits per heavy atom. The summed E-state index contributed by atoms with van der Waals surface area (Å²) < 4.78 is 7.30. The molecular weight excluding hydrogens is 278 g/mol. The Labute approximate surface area is 124 Å². The van der Waals surface area contributed by atoms with Crippen LogP contribution in [0.2, 0.25) is 0 Å². The number of hydrogen-bond acceptors (Lipinski definition) is 5. The quantitative estimate of drug-likeness (QED) is 0.474. The molecule has 0 saturated carbocycles. The van der Waals surface area contributed by atoms with Crippen molar-refractivity contribution >= 4 is 16.7 Å². The van der Waals surface area contributed by atoms with Gasteiger partial charge < -0.3 is 4.42 Å². The summed E-state index contributed by atoms with van der Waals surface area (Å²) in [5.41, 5.74) is 2.48. The van der Waals surface area contributed by atoms with E-state index in [0.29, 0.717) is 17.6 Å². The van der Waals surface area contributed by atoms with Crippen LogP contribution in [0.25, 0.3) is 39.7 Å². The number of para-hydroxylation sites is 1. The van der Waals surface area contributed by atoms with Gasteiger partial charge in [0.05, 0.1) is 5.52 Å². The first-order valence-corrected chi connectivity index (χ1v) is 6.86.